The van der Waals surface area contributed by atoms with Gasteiger partial charge in [-0.25, -0.2) is 9.59 Å². The highest BCUT2D eigenvalue weighted by Gasteiger charge is 2.42. The van der Waals surface area contributed by atoms with Gasteiger partial charge in [0.15, 0.2) is 5.43 Å². The van der Waals surface area contributed by atoms with Crippen LogP contribution in [0.3, 0.4) is 0 Å². The first-order valence-electron chi connectivity index (χ1n) is 22.3. The van der Waals surface area contributed by atoms with Gasteiger partial charge in [0.2, 0.25) is 23.6 Å². The Bertz CT molecular complexity index is 2510. The number of benzene rings is 3. The molecule has 4 aliphatic rings. The molecule has 18 nitrogen and oxygen atoms in total. The van der Waals surface area contributed by atoms with Gasteiger partial charge >= 0.3 is 12.0 Å². The molecule has 9 N–H and O–H groups in total. The lowest BCUT2D eigenvalue weighted by Gasteiger charge is -2.23. The third-order valence-electron chi connectivity index (χ3n) is 11.4. The molecule has 0 saturated carbocycles. The zero-order chi connectivity index (χ0) is 48.1. The quantitative estimate of drug-likeness (QED) is 0.0274. The van der Waals surface area contributed by atoms with E-state index in [-0.39, 0.29) is 107 Å². The van der Waals surface area contributed by atoms with Crippen molar-refractivity contribution in [2.45, 2.75) is 87.3 Å². The van der Waals surface area contributed by atoms with Gasteiger partial charge in [0.25, 0.3) is 5.91 Å². The number of fused-ring (bicyclic) bond motifs is 3. The van der Waals surface area contributed by atoms with Crippen molar-refractivity contribution in [3.8, 4) is 28.2 Å². The Morgan fingerprint density at radius 2 is 1.51 bits per heavy atom. The van der Waals surface area contributed by atoms with Crippen molar-refractivity contribution in [1.82, 2.24) is 37.2 Å². The smallest absolute Gasteiger partial charge is 0.336 e. The van der Waals surface area contributed by atoms with Crippen LogP contribution in [0.5, 0.6) is 5.75 Å². The molecule has 358 valence electrons. The van der Waals surface area contributed by atoms with Crippen LogP contribution in [0, 0.1) is 0 Å². The average molecular weight is 960 g/mol. The van der Waals surface area contributed by atoms with Gasteiger partial charge in [-0.2, -0.15) is 11.8 Å². The maximum absolute atomic E-state index is 13.0. The van der Waals surface area contributed by atoms with Gasteiger partial charge in [-0.1, -0.05) is 26.3 Å². The summed E-state index contributed by atoms with van der Waals surface area (Å²) in [6.45, 7) is 4.56. The van der Waals surface area contributed by atoms with Crippen molar-refractivity contribution in [1.29, 1.82) is 0 Å². The van der Waals surface area contributed by atoms with E-state index in [2.05, 4.69) is 37.2 Å². The first-order valence-corrected chi connectivity index (χ1v) is 24.4. The minimum Gasteiger partial charge on any atom is -0.508 e. The lowest BCUT2D eigenvalue weighted by Crippen LogP contribution is -2.41. The molecule has 0 bridgehead atoms. The number of thioether (sulfide) groups is 2. The van der Waals surface area contributed by atoms with E-state index in [1.165, 1.54) is 60.3 Å². The van der Waals surface area contributed by atoms with Crippen LogP contribution in [0.4, 0.5) is 4.79 Å². The first kappa shape index (κ1) is 50.1. The molecule has 6 rings (SSSR count). The monoisotopic (exact) mass is 959 g/mol. The highest BCUT2D eigenvalue weighted by molar-refractivity contribution is 8.01. The van der Waals surface area contributed by atoms with Crippen LogP contribution in [-0.2, 0) is 19.2 Å². The number of aromatic hydroxyl groups is 1. The summed E-state index contributed by atoms with van der Waals surface area (Å²) in [4.78, 5) is 99.0. The molecule has 1 aliphatic carbocycles. The summed E-state index contributed by atoms with van der Waals surface area (Å²) >= 11 is 3.17. The van der Waals surface area contributed by atoms with Gasteiger partial charge < -0.3 is 51.8 Å². The molecule has 0 aromatic heterocycles. The van der Waals surface area contributed by atoms with Gasteiger partial charge in [0.05, 0.1) is 29.9 Å². The Kier molecular flexibility index (Phi) is 17.5. The molecule has 2 aromatic rings. The van der Waals surface area contributed by atoms with Gasteiger partial charge in [0, 0.05) is 89.0 Å². The summed E-state index contributed by atoms with van der Waals surface area (Å²) in [5.74, 6) is -1.79. The van der Waals surface area contributed by atoms with Crippen molar-refractivity contribution in [3.63, 3.8) is 0 Å². The van der Waals surface area contributed by atoms with Crippen LogP contribution in [0.2, 0.25) is 0 Å². The van der Waals surface area contributed by atoms with Gasteiger partial charge in [0.1, 0.15) is 17.1 Å². The molecule has 3 heterocycles. The number of carboxylic acid groups (broad SMARTS) is 1. The number of amides is 7. The predicted octanol–water partition coefficient (Wildman–Crippen LogP) is 3.96. The highest BCUT2D eigenvalue weighted by atomic mass is 32.2. The van der Waals surface area contributed by atoms with Crippen molar-refractivity contribution < 1.29 is 48.2 Å². The number of rotatable bonds is 24. The van der Waals surface area contributed by atoms with Crippen LogP contribution < -0.4 is 42.6 Å². The van der Waals surface area contributed by atoms with Gasteiger partial charge in [-0.15, -0.1) is 11.8 Å². The summed E-state index contributed by atoms with van der Waals surface area (Å²) in [6.07, 6.45) is 5.82. The molecule has 2 aromatic carbocycles. The van der Waals surface area contributed by atoms with E-state index in [4.69, 9.17) is 4.42 Å². The van der Waals surface area contributed by atoms with E-state index in [0.717, 1.165) is 44.3 Å². The van der Waals surface area contributed by atoms with Crippen molar-refractivity contribution >= 4 is 76.0 Å². The number of aromatic carboxylic acids is 1. The number of carbonyl (C=O) groups excluding carboxylic acids is 6. The minimum atomic E-state index is -1.30. The molecular formula is C47H57N7O11S2. The zero-order valence-corrected chi connectivity index (χ0v) is 39.1. The van der Waals surface area contributed by atoms with Crippen LogP contribution >= 0.6 is 23.5 Å². The number of urea groups is 1. The SMILES string of the molecule is CC(C)(CC(=O)NCCCCCNC(=O)CCCC[C@@H]1SC[C@@H]2NC(=O)NC21)SCC(=O)NCC(=O)NCCNC(=O)c1ccc(-c2c3ccc(=O)cc-3oc3cc(O)ccc23)c(C(=O)O)c1. The lowest BCUT2D eigenvalue weighted by atomic mass is 9.90. The number of hydrogen-bond acceptors (Lipinski definition) is 12. The van der Waals surface area contributed by atoms with E-state index < -0.39 is 22.5 Å². The average Bonchev–Trinajstić information content (AvgIpc) is 3.84. The van der Waals surface area contributed by atoms with E-state index in [0.29, 0.717) is 41.3 Å². The third-order valence-corrected chi connectivity index (χ3v) is 14.2. The fraction of sp³-hybridized carbons (Fsp3) is 0.447. The second-order valence-corrected chi connectivity index (χ2v) is 20.1. The Morgan fingerprint density at radius 3 is 2.28 bits per heavy atom. The summed E-state index contributed by atoms with van der Waals surface area (Å²) < 4.78 is 5.31. The highest BCUT2D eigenvalue weighted by Crippen LogP contribution is 2.42. The van der Waals surface area contributed by atoms with Crippen LogP contribution in [0.25, 0.3) is 33.4 Å². The maximum atomic E-state index is 13.0. The summed E-state index contributed by atoms with van der Waals surface area (Å²) in [6, 6.07) is 13.0. The van der Waals surface area contributed by atoms with Crippen LogP contribution in [0.1, 0.15) is 85.9 Å². The van der Waals surface area contributed by atoms with E-state index >= 15 is 0 Å². The number of unbranched alkanes of at least 4 members (excludes halogenated alkanes) is 3. The molecule has 3 atom stereocenters. The van der Waals surface area contributed by atoms with Crippen molar-refractivity contribution in [2.24, 2.45) is 0 Å². The second kappa shape index (κ2) is 23.4. The number of phenolic OH excluding ortho intramolecular Hbond substituents is 1. The molecule has 7 amide bonds. The van der Waals surface area contributed by atoms with Crippen molar-refractivity contribution in [2.75, 3.05) is 44.2 Å². The molecule has 2 saturated heterocycles. The fourth-order valence-corrected chi connectivity index (χ4v) is 10.4. The summed E-state index contributed by atoms with van der Waals surface area (Å²) in [5.41, 5.74) is 0.935. The fourth-order valence-electron chi connectivity index (χ4n) is 8.01. The largest absolute Gasteiger partial charge is 0.508 e. The first-order chi connectivity index (χ1) is 32.1. The second-order valence-electron chi connectivity index (χ2n) is 17.1. The number of carbonyl (C=O) groups is 7. The van der Waals surface area contributed by atoms with Crippen LogP contribution in [-0.4, -0.2) is 118 Å². The topological polar surface area (TPSA) is 274 Å². The molecule has 20 heteroatoms. The predicted molar refractivity (Wildman–Crippen MR) is 257 cm³/mol. The summed E-state index contributed by atoms with van der Waals surface area (Å²) in [5, 5.41) is 40.8. The number of hydrogen-bond donors (Lipinski definition) is 9. The molecule has 1 unspecified atom stereocenters. The molecule has 0 radical (unpaired) electrons. The zero-order valence-electron chi connectivity index (χ0n) is 37.4. The van der Waals surface area contributed by atoms with Crippen LogP contribution in [0.15, 0.2) is 63.8 Å². The van der Waals surface area contributed by atoms with Gasteiger partial charge in [-0.3, -0.25) is 28.8 Å². The Morgan fingerprint density at radius 1 is 0.776 bits per heavy atom. The Hall–Kier alpha value is -6.28. The van der Waals surface area contributed by atoms with Crippen molar-refractivity contribution in [3.05, 3.63) is 75.9 Å². The van der Waals surface area contributed by atoms with E-state index in [1.54, 1.807) is 6.07 Å². The molecule has 67 heavy (non-hydrogen) atoms. The molecule has 0 spiro atoms. The Balaban J connectivity index is 0.814. The standard InChI is InChI=1S/C47H57N7O11S2/c1-47(2,23-39(58)49-17-7-3-6-16-48-38(57)9-5-4-8-37-43-34(25-66-37)53-46(64)54-43)67-26-41(60)52-24-40(59)50-18-19-51-44(61)27-10-13-30(33(20-27)45(62)63)42-31-14-11-28(55)21-35(31)65-36-22-29(56)12-15-32(36)42/h10-15,20-22,34,37,43,55H,3-9,16-19,23-26H2,1-2H3,(H,48,57)(H,49,58)(H,50,59)(H,51,61)(H,52,60)(H,62,63)(H2,53,54,64)/t34-,37-,43?/m0/s1. The normalized spacial score (nSPS) is 16.4. The van der Waals surface area contributed by atoms with Gasteiger partial charge in [-0.05, 0) is 74.1 Å². The Labute approximate surface area is 395 Å². The minimum absolute atomic E-state index is 0.00819. The summed E-state index contributed by atoms with van der Waals surface area (Å²) in [7, 11) is 0. The molecule has 2 fully saturated rings. The molecular weight excluding hydrogens is 903 g/mol. The number of nitrogens with one attached hydrogen (secondary N) is 7. The maximum Gasteiger partial charge on any atom is 0.336 e. The number of carboxylic acids is 1. The lowest BCUT2D eigenvalue weighted by molar-refractivity contribution is -0.124. The number of phenols is 1. The van der Waals surface area contributed by atoms with E-state index in [1.807, 2.05) is 25.6 Å². The third kappa shape index (κ3) is 14.4. The van der Waals surface area contributed by atoms with E-state index in [9.17, 15) is 48.6 Å². The molecule has 3 aliphatic heterocycles.